The van der Waals surface area contributed by atoms with Crippen molar-refractivity contribution in [1.29, 1.82) is 0 Å². The number of aliphatic hydroxyl groups excluding tert-OH is 1. The van der Waals surface area contributed by atoms with Gasteiger partial charge < -0.3 is 9.84 Å². The van der Waals surface area contributed by atoms with Crippen molar-refractivity contribution >= 4 is 55.7 Å². The van der Waals surface area contributed by atoms with E-state index in [1.54, 1.807) is 42.5 Å². The Kier molecular flexibility index (Phi) is 6.28. The molecule has 36 heavy (non-hydrogen) atoms. The number of carbonyl (C=O) groups excluding carboxylic acids is 2. The molecule has 0 saturated carbocycles. The summed E-state index contributed by atoms with van der Waals surface area (Å²) >= 11 is 7.42. The summed E-state index contributed by atoms with van der Waals surface area (Å²) in [6.45, 7) is 6.17. The van der Waals surface area contributed by atoms with Crippen molar-refractivity contribution in [2.45, 2.75) is 26.8 Å². The average Bonchev–Trinajstić information content (AvgIpc) is 3.38. The van der Waals surface area contributed by atoms with E-state index in [9.17, 15) is 14.7 Å². The maximum absolute atomic E-state index is 13.4. The van der Waals surface area contributed by atoms with Gasteiger partial charge in [-0.3, -0.25) is 14.5 Å². The zero-order valence-electron chi connectivity index (χ0n) is 19.9. The van der Waals surface area contributed by atoms with E-state index < -0.39 is 17.7 Å². The predicted molar refractivity (Wildman–Crippen MR) is 143 cm³/mol. The minimum atomic E-state index is -0.864. The minimum Gasteiger partial charge on any atom is -0.507 e. The van der Waals surface area contributed by atoms with Crippen LogP contribution >= 0.6 is 22.9 Å². The van der Waals surface area contributed by atoms with Gasteiger partial charge in [-0.15, -0.1) is 0 Å². The minimum absolute atomic E-state index is 0.0233. The first-order valence-corrected chi connectivity index (χ1v) is 12.7. The number of amides is 1. The van der Waals surface area contributed by atoms with E-state index in [1.165, 1.54) is 16.2 Å². The quantitative estimate of drug-likeness (QED) is 0.183. The van der Waals surface area contributed by atoms with Gasteiger partial charge in [0.1, 0.15) is 11.5 Å². The lowest BCUT2D eigenvalue weighted by molar-refractivity contribution is -0.132. The number of aromatic nitrogens is 1. The summed E-state index contributed by atoms with van der Waals surface area (Å²) in [6, 6.07) is 17.2. The second-order valence-electron chi connectivity index (χ2n) is 8.60. The third-order valence-corrected chi connectivity index (χ3v) is 7.40. The molecule has 8 heteroatoms. The molecule has 6 nitrogen and oxygen atoms in total. The molecule has 1 saturated heterocycles. The summed E-state index contributed by atoms with van der Waals surface area (Å²) in [5.74, 6) is -1.04. The molecule has 0 spiro atoms. The van der Waals surface area contributed by atoms with E-state index in [1.807, 2.05) is 39.0 Å². The third-order valence-electron chi connectivity index (χ3n) is 6.14. The zero-order valence-corrected chi connectivity index (χ0v) is 21.5. The molecule has 1 unspecified atom stereocenters. The Bertz CT molecular complexity index is 1540. The van der Waals surface area contributed by atoms with Gasteiger partial charge in [-0.1, -0.05) is 52.8 Å². The second kappa shape index (κ2) is 9.41. The van der Waals surface area contributed by atoms with Crippen LogP contribution < -0.4 is 9.64 Å². The molecule has 0 radical (unpaired) electrons. The maximum Gasteiger partial charge on any atom is 0.301 e. The molecular weight excluding hydrogens is 496 g/mol. The van der Waals surface area contributed by atoms with Gasteiger partial charge in [0.05, 0.1) is 28.4 Å². The zero-order chi connectivity index (χ0) is 25.6. The van der Waals surface area contributed by atoms with Crippen LogP contribution in [0.3, 0.4) is 0 Å². The molecule has 1 fully saturated rings. The monoisotopic (exact) mass is 518 g/mol. The summed E-state index contributed by atoms with van der Waals surface area (Å²) in [4.78, 5) is 32.9. The first kappa shape index (κ1) is 24.0. The molecule has 1 atom stereocenters. The van der Waals surface area contributed by atoms with E-state index in [0.717, 1.165) is 15.8 Å². The molecule has 1 aliphatic rings. The lowest BCUT2D eigenvalue weighted by atomic mass is 9.93. The Labute approximate surface area is 217 Å². The molecule has 1 amide bonds. The first-order chi connectivity index (χ1) is 17.3. The van der Waals surface area contributed by atoms with Gasteiger partial charge in [0.25, 0.3) is 5.78 Å². The molecule has 2 heterocycles. The van der Waals surface area contributed by atoms with Crippen LogP contribution in [-0.2, 0) is 9.59 Å². The molecule has 0 bridgehead atoms. The fourth-order valence-corrected chi connectivity index (χ4v) is 5.65. The highest BCUT2D eigenvalue weighted by Gasteiger charge is 2.48. The van der Waals surface area contributed by atoms with Gasteiger partial charge in [0, 0.05) is 10.6 Å². The van der Waals surface area contributed by atoms with E-state index in [-0.39, 0.29) is 11.3 Å². The van der Waals surface area contributed by atoms with Crippen LogP contribution in [-0.4, -0.2) is 28.4 Å². The number of aliphatic hydroxyl groups is 1. The van der Waals surface area contributed by atoms with Crippen LogP contribution in [0.15, 0.2) is 66.2 Å². The summed E-state index contributed by atoms with van der Waals surface area (Å²) < 4.78 is 6.36. The molecule has 1 aromatic heterocycles. The number of hydrogen-bond donors (Lipinski definition) is 1. The van der Waals surface area contributed by atoms with Crippen molar-refractivity contribution in [3.05, 3.63) is 93.5 Å². The van der Waals surface area contributed by atoms with E-state index >= 15 is 0 Å². The van der Waals surface area contributed by atoms with Crippen LogP contribution in [0.25, 0.3) is 16.0 Å². The number of carbonyl (C=O) groups is 2. The molecule has 0 aliphatic carbocycles. The van der Waals surface area contributed by atoms with Crippen LogP contribution in [0.5, 0.6) is 5.75 Å². The number of ether oxygens (including phenoxy) is 1. The SMILES string of the molecule is CCOc1ccc(C2/C(=C(\O)c3cc(C)ccc3C)C(=O)C(=O)N2c2nc3ccc(Cl)cc3s2)cc1. The summed E-state index contributed by atoms with van der Waals surface area (Å²) in [7, 11) is 0. The molecule has 182 valence electrons. The number of aryl methyl sites for hydroxylation is 2. The molecule has 3 aromatic carbocycles. The van der Waals surface area contributed by atoms with Crippen molar-refractivity contribution in [2.24, 2.45) is 0 Å². The Morgan fingerprint density at radius 2 is 1.83 bits per heavy atom. The van der Waals surface area contributed by atoms with Crippen molar-refractivity contribution < 1.29 is 19.4 Å². The second-order valence-corrected chi connectivity index (χ2v) is 10.0. The Morgan fingerprint density at radius 1 is 1.08 bits per heavy atom. The van der Waals surface area contributed by atoms with Crippen molar-refractivity contribution in [2.75, 3.05) is 11.5 Å². The van der Waals surface area contributed by atoms with Crippen LogP contribution in [0.1, 0.15) is 35.2 Å². The molecule has 1 aliphatic heterocycles. The number of benzene rings is 3. The Hall–Kier alpha value is -3.68. The fourth-order valence-electron chi connectivity index (χ4n) is 4.38. The Morgan fingerprint density at radius 3 is 2.56 bits per heavy atom. The highest BCUT2D eigenvalue weighted by molar-refractivity contribution is 7.22. The lowest BCUT2D eigenvalue weighted by Crippen LogP contribution is -2.29. The normalized spacial score (nSPS) is 17.2. The first-order valence-electron chi connectivity index (χ1n) is 11.5. The number of anilines is 1. The Balaban J connectivity index is 1.73. The largest absolute Gasteiger partial charge is 0.507 e. The number of thiazole rings is 1. The van der Waals surface area contributed by atoms with Crippen LogP contribution in [0.2, 0.25) is 5.02 Å². The smallest absolute Gasteiger partial charge is 0.301 e. The topological polar surface area (TPSA) is 79.7 Å². The van der Waals surface area contributed by atoms with Crippen LogP contribution in [0, 0.1) is 13.8 Å². The highest BCUT2D eigenvalue weighted by atomic mass is 35.5. The number of Topliss-reactive ketones (excluding diaryl/α,β-unsaturated/α-hetero) is 1. The van der Waals surface area contributed by atoms with Gasteiger partial charge in [-0.25, -0.2) is 4.98 Å². The summed E-state index contributed by atoms with van der Waals surface area (Å²) in [6.07, 6.45) is 0. The number of halogens is 1. The number of nitrogens with zero attached hydrogens (tertiary/aromatic N) is 2. The molecule has 1 N–H and O–H groups in total. The highest BCUT2D eigenvalue weighted by Crippen LogP contribution is 2.45. The van der Waals surface area contributed by atoms with Crippen molar-refractivity contribution in [1.82, 2.24) is 4.98 Å². The lowest BCUT2D eigenvalue weighted by Gasteiger charge is -2.23. The number of hydrogen-bond acceptors (Lipinski definition) is 6. The van der Waals surface area contributed by atoms with Gasteiger partial charge in [0.15, 0.2) is 5.13 Å². The standard InChI is InChI=1S/C28H23ClN2O4S/c1-4-35-19-10-7-17(8-11-19)24-23(25(32)20-13-15(2)5-6-16(20)3)26(33)27(34)31(24)28-30-21-12-9-18(29)14-22(21)36-28/h5-14,24,32H,4H2,1-3H3/b25-23+. The van der Waals surface area contributed by atoms with Crippen LogP contribution in [0.4, 0.5) is 5.13 Å². The van der Waals surface area contributed by atoms with Gasteiger partial charge in [-0.05, 0) is 68.3 Å². The van der Waals surface area contributed by atoms with E-state index in [4.69, 9.17) is 16.3 Å². The van der Waals surface area contributed by atoms with E-state index in [2.05, 4.69) is 4.98 Å². The number of fused-ring (bicyclic) bond motifs is 1. The fraction of sp³-hybridized carbons (Fsp3) is 0.179. The number of ketones is 1. The molecular formula is C28H23ClN2O4S. The predicted octanol–water partition coefficient (Wildman–Crippen LogP) is 6.59. The third kappa shape index (κ3) is 4.14. The summed E-state index contributed by atoms with van der Waals surface area (Å²) in [5.41, 5.74) is 3.58. The van der Waals surface area contributed by atoms with Gasteiger partial charge >= 0.3 is 5.91 Å². The average molecular weight is 519 g/mol. The van der Waals surface area contributed by atoms with Crippen molar-refractivity contribution in [3.8, 4) is 5.75 Å². The summed E-state index contributed by atoms with van der Waals surface area (Å²) in [5, 5.41) is 12.4. The molecule has 4 aromatic rings. The van der Waals surface area contributed by atoms with Crippen molar-refractivity contribution in [3.63, 3.8) is 0 Å². The molecule has 5 rings (SSSR count). The van der Waals surface area contributed by atoms with Gasteiger partial charge in [0.2, 0.25) is 0 Å². The van der Waals surface area contributed by atoms with Gasteiger partial charge in [-0.2, -0.15) is 0 Å². The number of rotatable bonds is 5. The van der Waals surface area contributed by atoms with E-state index in [0.29, 0.717) is 39.2 Å². The maximum atomic E-state index is 13.4.